The molecule has 2 rings (SSSR count). The predicted octanol–water partition coefficient (Wildman–Crippen LogP) is 1.08. The summed E-state index contributed by atoms with van der Waals surface area (Å²) in [4.78, 5) is 24.8. The van der Waals surface area contributed by atoms with E-state index in [1.165, 1.54) is 17.7 Å². The molecule has 2 amide bonds. The second kappa shape index (κ2) is 7.17. The van der Waals surface area contributed by atoms with Gasteiger partial charge in [-0.15, -0.1) is 11.8 Å². The molecule has 2 unspecified atom stereocenters. The summed E-state index contributed by atoms with van der Waals surface area (Å²) in [5.41, 5.74) is 0. The first-order valence-electron chi connectivity index (χ1n) is 7.27. The first-order valence-corrected chi connectivity index (χ1v) is 8.32. The van der Waals surface area contributed by atoms with Gasteiger partial charge in [0.1, 0.15) is 6.04 Å². The number of hydrogen-bond donors (Lipinski definition) is 3. The van der Waals surface area contributed by atoms with Gasteiger partial charge in [0.05, 0.1) is 5.37 Å². The van der Waals surface area contributed by atoms with Crippen LogP contribution in [0, 0.1) is 0 Å². The summed E-state index contributed by atoms with van der Waals surface area (Å²) in [5.74, 6) is -0.441. The van der Waals surface area contributed by atoms with E-state index < -0.39 is 12.0 Å². The Bertz CT molecular complexity index is 363. The maximum Gasteiger partial charge on any atom is 0.327 e. The molecule has 0 aromatic carbocycles. The Morgan fingerprint density at radius 1 is 1.35 bits per heavy atom. The van der Waals surface area contributed by atoms with Gasteiger partial charge in [0, 0.05) is 18.3 Å². The van der Waals surface area contributed by atoms with Crippen LogP contribution in [0.25, 0.3) is 0 Å². The van der Waals surface area contributed by atoms with Gasteiger partial charge in [-0.2, -0.15) is 0 Å². The van der Waals surface area contributed by atoms with Gasteiger partial charge in [-0.25, -0.2) is 9.59 Å². The van der Waals surface area contributed by atoms with Gasteiger partial charge >= 0.3 is 12.0 Å². The molecule has 1 saturated heterocycles. The Labute approximate surface area is 123 Å². The number of rotatable bonds is 7. The fourth-order valence-corrected chi connectivity index (χ4v) is 3.66. The standard InChI is InChI=1S/C13H23N3O3S/c1-2-11-16(10(8-20-11)12(17)18)13(19)15-7-3-6-14-9-4-5-9/h9-11,14H,2-8H2,1H3,(H,15,19)(H,17,18). The molecule has 0 aromatic heterocycles. The summed E-state index contributed by atoms with van der Waals surface area (Å²) in [6.45, 7) is 3.46. The zero-order valence-electron chi connectivity index (χ0n) is 11.8. The maximum absolute atomic E-state index is 12.2. The fourth-order valence-electron chi connectivity index (χ4n) is 2.31. The van der Waals surface area contributed by atoms with Crippen LogP contribution in [-0.2, 0) is 4.79 Å². The summed E-state index contributed by atoms with van der Waals surface area (Å²) < 4.78 is 0. The lowest BCUT2D eigenvalue weighted by Gasteiger charge is -2.26. The number of carboxylic acid groups (broad SMARTS) is 1. The van der Waals surface area contributed by atoms with Crippen LogP contribution in [0.3, 0.4) is 0 Å². The van der Waals surface area contributed by atoms with E-state index in [1.807, 2.05) is 6.92 Å². The lowest BCUT2D eigenvalue weighted by Crippen LogP contribution is -2.50. The van der Waals surface area contributed by atoms with Gasteiger partial charge < -0.3 is 15.7 Å². The van der Waals surface area contributed by atoms with Crippen LogP contribution < -0.4 is 10.6 Å². The van der Waals surface area contributed by atoms with Crippen molar-refractivity contribution in [1.82, 2.24) is 15.5 Å². The van der Waals surface area contributed by atoms with Crippen LogP contribution in [-0.4, -0.2) is 58.3 Å². The molecular formula is C13H23N3O3S. The van der Waals surface area contributed by atoms with Gasteiger partial charge in [-0.05, 0) is 32.2 Å². The number of urea groups is 1. The van der Waals surface area contributed by atoms with Crippen molar-refractivity contribution in [2.24, 2.45) is 0 Å². The second-order valence-corrected chi connectivity index (χ2v) is 6.48. The van der Waals surface area contributed by atoms with Crippen LogP contribution in [0.4, 0.5) is 4.79 Å². The van der Waals surface area contributed by atoms with E-state index in [9.17, 15) is 14.7 Å². The zero-order valence-corrected chi connectivity index (χ0v) is 12.6. The number of amides is 2. The predicted molar refractivity (Wildman–Crippen MR) is 78.8 cm³/mol. The highest BCUT2D eigenvalue weighted by atomic mass is 32.2. The molecule has 1 aliphatic heterocycles. The lowest BCUT2D eigenvalue weighted by atomic mass is 10.3. The SMILES string of the molecule is CCC1SCC(C(=O)O)N1C(=O)NCCCNC1CC1. The molecule has 2 atom stereocenters. The van der Waals surface area contributed by atoms with Gasteiger partial charge in [-0.3, -0.25) is 4.90 Å². The second-order valence-electron chi connectivity index (χ2n) is 5.27. The van der Waals surface area contributed by atoms with E-state index in [2.05, 4.69) is 10.6 Å². The molecule has 0 radical (unpaired) electrons. The van der Waals surface area contributed by atoms with E-state index in [-0.39, 0.29) is 11.4 Å². The number of hydrogen-bond acceptors (Lipinski definition) is 4. The number of carbonyl (C=O) groups is 2. The molecule has 0 aromatic rings. The third-order valence-electron chi connectivity index (χ3n) is 3.60. The van der Waals surface area contributed by atoms with Crippen LogP contribution in [0.5, 0.6) is 0 Å². The monoisotopic (exact) mass is 301 g/mol. The van der Waals surface area contributed by atoms with Crippen molar-refractivity contribution in [2.45, 2.75) is 50.1 Å². The van der Waals surface area contributed by atoms with E-state index in [0.29, 0.717) is 18.3 Å². The minimum absolute atomic E-state index is 0.0271. The molecule has 0 bridgehead atoms. The van der Waals surface area contributed by atoms with Crippen molar-refractivity contribution in [3.8, 4) is 0 Å². The molecule has 1 heterocycles. The topological polar surface area (TPSA) is 81.7 Å². The molecule has 114 valence electrons. The minimum Gasteiger partial charge on any atom is -0.480 e. The smallest absolute Gasteiger partial charge is 0.327 e. The molecule has 1 saturated carbocycles. The summed E-state index contributed by atoms with van der Waals surface area (Å²) in [6, 6.07) is -0.267. The number of thioether (sulfide) groups is 1. The van der Waals surface area contributed by atoms with Crippen molar-refractivity contribution in [3.63, 3.8) is 0 Å². The summed E-state index contributed by atoms with van der Waals surface area (Å²) >= 11 is 1.54. The van der Waals surface area contributed by atoms with Crippen molar-refractivity contribution in [1.29, 1.82) is 0 Å². The van der Waals surface area contributed by atoms with Gasteiger partial charge in [0.25, 0.3) is 0 Å². The molecule has 20 heavy (non-hydrogen) atoms. The minimum atomic E-state index is -0.918. The number of nitrogens with zero attached hydrogens (tertiary/aromatic N) is 1. The Morgan fingerprint density at radius 3 is 2.70 bits per heavy atom. The zero-order chi connectivity index (χ0) is 14.5. The summed E-state index contributed by atoms with van der Waals surface area (Å²) in [5, 5.41) is 15.4. The van der Waals surface area contributed by atoms with Crippen molar-refractivity contribution < 1.29 is 14.7 Å². The number of carbonyl (C=O) groups excluding carboxylic acids is 1. The van der Waals surface area contributed by atoms with E-state index in [1.54, 1.807) is 11.8 Å². The molecule has 3 N–H and O–H groups in total. The Hall–Kier alpha value is -0.950. The summed E-state index contributed by atoms with van der Waals surface area (Å²) in [6.07, 6.45) is 4.16. The molecule has 7 heteroatoms. The number of aliphatic carboxylic acids is 1. The largest absolute Gasteiger partial charge is 0.480 e. The van der Waals surface area contributed by atoms with Crippen LogP contribution in [0.2, 0.25) is 0 Å². The quantitative estimate of drug-likeness (QED) is 0.613. The van der Waals surface area contributed by atoms with E-state index in [4.69, 9.17) is 0 Å². The third-order valence-corrected chi connectivity index (χ3v) is 5.05. The van der Waals surface area contributed by atoms with Crippen LogP contribution >= 0.6 is 11.8 Å². The Balaban J connectivity index is 1.74. The van der Waals surface area contributed by atoms with Gasteiger partial charge in [0.15, 0.2) is 0 Å². The maximum atomic E-state index is 12.2. The molecular weight excluding hydrogens is 278 g/mol. The first kappa shape index (κ1) is 15.4. The molecule has 0 spiro atoms. The van der Waals surface area contributed by atoms with Crippen molar-refractivity contribution >= 4 is 23.8 Å². The lowest BCUT2D eigenvalue weighted by molar-refractivity contribution is -0.141. The van der Waals surface area contributed by atoms with Gasteiger partial charge in [-0.1, -0.05) is 6.92 Å². The van der Waals surface area contributed by atoms with Crippen LogP contribution in [0.15, 0.2) is 0 Å². The van der Waals surface area contributed by atoms with Crippen molar-refractivity contribution in [2.75, 3.05) is 18.8 Å². The average molecular weight is 301 g/mol. The first-order chi connectivity index (χ1) is 9.63. The highest BCUT2D eigenvalue weighted by Crippen LogP contribution is 2.31. The normalized spacial score (nSPS) is 25.8. The average Bonchev–Trinajstić information content (AvgIpc) is 3.13. The number of nitrogens with one attached hydrogen (secondary N) is 2. The molecule has 2 aliphatic rings. The summed E-state index contributed by atoms with van der Waals surface area (Å²) in [7, 11) is 0. The van der Waals surface area contributed by atoms with Gasteiger partial charge in [0.2, 0.25) is 0 Å². The number of carboxylic acids is 1. The molecule has 6 nitrogen and oxygen atoms in total. The van der Waals surface area contributed by atoms with Crippen molar-refractivity contribution in [3.05, 3.63) is 0 Å². The van der Waals surface area contributed by atoms with E-state index >= 15 is 0 Å². The highest BCUT2D eigenvalue weighted by molar-refractivity contribution is 8.00. The Kier molecular flexibility index (Phi) is 5.54. The molecule has 1 aliphatic carbocycles. The third kappa shape index (κ3) is 4.02. The van der Waals surface area contributed by atoms with E-state index in [0.717, 1.165) is 19.4 Å². The highest BCUT2D eigenvalue weighted by Gasteiger charge is 2.40. The molecule has 2 fully saturated rings. The fraction of sp³-hybridized carbons (Fsp3) is 0.846. The van der Waals surface area contributed by atoms with Crippen LogP contribution in [0.1, 0.15) is 32.6 Å². The Morgan fingerprint density at radius 2 is 2.10 bits per heavy atom.